The van der Waals surface area contributed by atoms with Gasteiger partial charge in [-0.3, -0.25) is 0 Å². The van der Waals surface area contributed by atoms with Crippen molar-refractivity contribution in [3.63, 3.8) is 0 Å². The molecule has 7 heteroatoms. The minimum absolute atomic E-state index is 0.123. The number of rotatable bonds is 6. The molecule has 1 unspecified atom stereocenters. The second-order valence-corrected chi connectivity index (χ2v) is 8.25. The molecule has 134 valence electrons. The largest absolute Gasteiger partial charge is 0.394 e. The Morgan fingerprint density at radius 2 is 1.80 bits per heavy atom. The standard InChI is InChI=1S/C18H20F2N2O2S/c1-12(14-7-8-14)22(11-13-5-3-2-4-6-13)25(23,24)16-10-9-15(19)18(21)17(16)20/h2-6,9-10,12,14H,7-8,11,21H2,1H3. The van der Waals surface area contributed by atoms with Gasteiger partial charge in [-0.05, 0) is 43.4 Å². The van der Waals surface area contributed by atoms with E-state index in [4.69, 9.17) is 5.73 Å². The summed E-state index contributed by atoms with van der Waals surface area (Å²) in [7, 11) is -4.16. The van der Waals surface area contributed by atoms with E-state index in [0.717, 1.165) is 30.5 Å². The summed E-state index contributed by atoms with van der Waals surface area (Å²) < 4.78 is 55.3. The van der Waals surface area contributed by atoms with Gasteiger partial charge < -0.3 is 5.73 Å². The molecule has 1 fully saturated rings. The van der Waals surface area contributed by atoms with Crippen molar-refractivity contribution in [1.82, 2.24) is 4.31 Å². The van der Waals surface area contributed by atoms with E-state index in [0.29, 0.717) is 0 Å². The molecule has 0 heterocycles. The average molecular weight is 366 g/mol. The maximum Gasteiger partial charge on any atom is 0.246 e. The number of hydrogen-bond donors (Lipinski definition) is 1. The first kappa shape index (κ1) is 17.8. The van der Waals surface area contributed by atoms with E-state index in [1.165, 1.54) is 4.31 Å². The zero-order valence-corrected chi connectivity index (χ0v) is 14.6. The lowest BCUT2D eigenvalue weighted by atomic mass is 10.2. The number of anilines is 1. The highest BCUT2D eigenvalue weighted by Crippen LogP contribution is 2.38. The topological polar surface area (TPSA) is 63.4 Å². The molecule has 3 rings (SSSR count). The summed E-state index contributed by atoms with van der Waals surface area (Å²) in [5.74, 6) is -1.96. The summed E-state index contributed by atoms with van der Waals surface area (Å²) in [6.45, 7) is 1.94. The van der Waals surface area contributed by atoms with E-state index >= 15 is 0 Å². The van der Waals surface area contributed by atoms with Crippen molar-refractivity contribution in [3.05, 3.63) is 59.7 Å². The van der Waals surface area contributed by atoms with Gasteiger partial charge in [0.15, 0.2) is 5.82 Å². The van der Waals surface area contributed by atoms with E-state index < -0.39 is 32.2 Å². The first-order chi connectivity index (χ1) is 11.8. The molecule has 2 aromatic rings. The van der Waals surface area contributed by atoms with Gasteiger partial charge in [0.1, 0.15) is 16.4 Å². The van der Waals surface area contributed by atoms with Crippen molar-refractivity contribution >= 4 is 15.7 Å². The molecule has 4 nitrogen and oxygen atoms in total. The van der Waals surface area contributed by atoms with Crippen molar-refractivity contribution in [3.8, 4) is 0 Å². The van der Waals surface area contributed by atoms with E-state index in [1.54, 1.807) is 0 Å². The van der Waals surface area contributed by atoms with Crippen LogP contribution in [0.3, 0.4) is 0 Å². The fourth-order valence-electron chi connectivity index (χ4n) is 2.90. The van der Waals surface area contributed by atoms with Crippen LogP contribution in [0.1, 0.15) is 25.3 Å². The fraction of sp³-hybridized carbons (Fsp3) is 0.333. The molecular weight excluding hydrogens is 346 g/mol. The Morgan fingerprint density at radius 1 is 1.16 bits per heavy atom. The molecule has 2 N–H and O–H groups in total. The monoisotopic (exact) mass is 366 g/mol. The zero-order chi connectivity index (χ0) is 18.2. The molecule has 0 saturated heterocycles. The molecule has 0 bridgehead atoms. The van der Waals surface area contributed by atoms with Gasteiger partial charge in [0.25, 0.3) is 0 Å². The van der Waals surface area contributed by atoms with Gasteiger partial charge in [-0.1, -0.05) is 30.3 Å². The van der Waals surface area contributed by atoms with Crippen LogP contribution in [0, 0.1) is 17.6 Å². The molecule has 0 radical (unpaired) electrons. The normalized spacial score (nSPS) is 16.2. The Kier molecular flexibility index (Phi) is 4.79. The molecule has 0 spiro atoms. The highest BCUT2D eigenvalue weighted by molar-refractivity contribution is 7.89. The molecule has 0 aliphatic heterocycles. The number of halogens is 2. The number of hydrogen-bond acceptors (Lipinski definition) is 3. The predicted octanol–water partition coefficient (Wildman–Crippen LogP) is 3.54. The van der Waals surface area contributed by atoms with Gasteiger partial charge in [0.2, 0.25) is 10.0 Å². The van der Waals surface area contributed by atoms with Crippen LogP contribution in [0.25, 0.3) is 0 Å². The van der Waals surface area contributed by atoms with Crippen molar-refractivity contribution in [2.24, 2.45) is 5.92 Å². The van der Waals surface area contributed by atoms with Crippen LogP contribution in [0.4, 0.5) is 14.5 Å². The SMILES string of the molecule is CC(C1CC1)N(Cc1ccccc1)S(=O)(=O)c1ccc(F)c(N)c1F. The lowest BCUT2D eigenvalue weighted by molar-refractivity contribution is 0.302. The Bertz CT molecular complexity index is 868. The number of nitrogen functional groups attached to an aromatic ring is 1. The molecule has 1 atom stereocenters. The Morgan fingerprint density at radius 3 is 2.40 bits per heavy atom. The zero-order valence-electron chi connectivity index (χ0n) is 13.8. The van der Waals surface area contributed by atoms with Crippen LogP contribution in [0.2, 0.25) is 0 Å². The summed E-state index contributed by atoms with van der Waals surface area (Å²) in [6.07, 6.45) is 1.88. The average Bonchev–Trinajstić information content (AvgIpc) is 3.42. The molecule has 2 aromatic carbocycles. The molecular formula is C18H20F2N2O2S. The Labute approximate surface area is 146 Å². The molecule has 1 saturated carbocycles. The number of nitrogens with two attached hydrogens (primary N) is 1. The lowest BCUT2D eigenvalue weighted by Gasteiger charge is -2.29. The summed E-state index contributed by atoms with van der Waals surface area (Å²) in [4.78, 5) is -0.588. The quantitative estimate of drug-likeness (QED) is 0.796. The summed E-state index contributed by atoms with van der Waals surface area (Å²) in [6, 6.07) is 10.6. The van der Waals surface area contributed by atoms with Crippen LogP contribution >= 0.6 is 0 Å². The van der Waals surface area contributed by atoms with Crippen molar-refractivity contribution in [1.29, 1.82) is 0 Å². The molecule has 0 aromatic heterocycles. The number of sulfonamides is 1. The van der Waals surface area contributed by atoms with Crippen LogP contribution in [-0.2, 0) is 16.6 Å². The van der Waals surface area contributed by atoms with Gasteiger partial charge in [0, 0.05) is 12.6 Å². The van der Waals surface area contributed by atoms with Crippen molar-refractivity contribution < 1.29 is 17.2 Å². The predicted molar refractivity (Wildman–Crippen MR) is 92.1 cm³/mol. The third-order valence-electron chi connectivity index (χ3n) is 4.62. The maximum absolute atomic E-state index is 14.4. The third-order valence-corrected chi connectivity index (χ3v) is 6.57. The van der Waals surface area contributed by atoms with E-state index in [1.807, 2.05) is 37.3 Å². The minimum Gasteiger partial charge on any atom is -0.394 e. The van der Waals surface area contributed by atoms with E-state index in [2.05, 4.69) is 0 Å². The fourth-order valence-corrected chi connectivity index (χ4v) is 4.66. The second kappa shape index (κ2) is 6.72. The van der Waals surface area contributed by atoms with E-state index in [-0.39, 0.29) is 18.5 Å². The Hall–Kier alpha value is -1.99. The van der Waals surface area contributed by atoms with Gasteiger partial charge in [-0.15, -0.1) is 0 Å². The van der Waals surface area contributed by atoms with Gasteiger partial charge >= 0.3 is 0 Å². The third kappa shape index (κ3) is 3.52. The minimum atomic E-state index is -4.16. The highest BCUT2D eigenvalue weighted by atomic mass is 32.2. The van der Waals surface area contributed by atoms with Gasteiger partial charge in [-0.2, -0.15) is 4.31 Å². The summed E-state index contributed by atoms with van der Waals surface area (Å²) in [5, 5.41) is 0. The Balaban J connectivity index is 2.03. The van der Waals surface area contributed by atoms with Crippen LogP contribution in [0.5, 0.6) is 0 Å². The smallest absolute Gasteiger partial charge is 0.246 e. The van der Waals surface area contributed by atoms with Crippen LogP contribution in [0.15, 0.2) is 47.4 Å². The van der Waals surface area contributed by atoms with Crippen molar-refractivity contribution in [2.45, 2.75) is 37.2 Å². The highest BCUT2D eigenvalue weighted by Gasteiger charge is 2.39. The first-order valence-electron chi connectivity index (χ1n) is 8.11. The first-order valence-corrected chi connectivity index (χ1v) is 9.55. The van der Waals surface area contributed by atoms with Crippen LogP contribution < -0.4 is 5.73 Å². The van der Waals surface area contributed by atoms with Crippen LogP contribution in [-0.4, -0.2) is 18.8 Å². The molecule has 0 amide bonds. The second-order valence-electron chi connectivity index (χ2n) is 6.39. The molecule has 1 aliphatic carbocycles. The molecule has 1 aliphatic rings. The molecule has 25 heavy (non-hydrogen) atoms. The van der Waals surface area contributed by atoms with Gasteiger partial charge in [0.05, 0.1) is 0 Å². The maximum atomic E-state index is 14.4. The van der Waals surface area contributed by atoms with E-state index in [9.17, 15) is 17.2 Å². The van der Waals surface area contributed by atoms with Crippen molar-refractivity contribution in [2.75, 3.05) is 5.73 Å². The number of benzene rings is 2. The number of nitrogens with zero attached hydrogens (tertiary/aromatic N) is 1. The van der Waals surface area contributed by atoms with Gasteiger partial charge in [-0.25, -0.2) is 17.2 Å². The summed E-state index contributed by atoms with van der Waals surface area (Å²) >= 11 is 0. The summed E-state index contributed by atoms with van der Waals surface area (Å²) in [5.41, 5.74) is 5.37. The lowest BCUT2D eigenvalue weighted by Crippen LogP contribution is -2.39.